The van der Waals surface area contributed by atoms with Gasteiger partial charge in [-0.05, 0) is 50.6 Å². The maximum absolute atomic E-state index is 12.3. The first kappa shape index (κ1) is 20.2. The number of benzene rings is 2. The highest BCUT2D eigenvalue weighted by Crippen LogP contribution is 2.37. The Balaban J connectivity index is 2.22. The first-order chi connectivity index (χ1) is 13.9. The number of primary amides is 1. The number of phenols is 1. The predicted molar refractivity (Wildman–Crippen MR) is 112 cm³/mol. The molecule has 0 atom stereocenters. The molecule has 0 bridgehead atoms. The fraction of sp³-hybridized carbons (Fsp3) is 0.238. The Morgan fingerprint density at radius 2 is 1.93 bits per heavy atom. The fourth-order valence-electron chi connectivity index (χ4n) is 3.24. The number of aryl methyl sites for hydroxylation is 1. The van der Waals surface area contributed by atoms with E-state index in [4.69, 9.17) is 21.9 Å². The molecule has 1 amide bonds. The number of para-hydroxylation sites is 1. The maximum Gasteiger partial charge on any atom is 0.254 e. The molecule has 0 aliphatic carbocycles. The first-order valence-corrected chi connectivity index (χ1v) is 9.26. The summed E-state index contributed by atoms with van der Waals surface area (Å²) in [5.41, 5.74) is 20.5. The Morgan fingerprint density at radius 3 is 2.62 bits per heavy atom. The number of hydrogen-bond acceptors (Lipinski definition) is 6. The van der Waals surface area contributed by atoms with Crippen LogP contribution in [0.5, 0.6) is 11.5 Å². The number of hydrogen-bond donors (Lipinski definition) is 4. The Morgan fingerprint density at radius 1 is 1.21 bits per heavy atom. The van der Waals surface area contributed by atoms with Gasteiger partial charge >= 0.3 is 0 Å². The molecule has 152 valence electrons. The lowest BCUT2D eigenvalue weighted by Gasteiger charge is -2.13. The lowest BCUT2D eigenvalue weighted by molar-refractivity contribution is 0.100. The largest absolute Gasteiger partial charge is 0.508 e. The summed E-state index contributed by atoms with van der Waals surface area (Å²) in [6.07, 6.45) is 0.690. The third-order valence-corrected chi connectivity index (χ3v) is 4.73. The Hall–Kier alpha value is -3.52. The summed E-state index contributed by atoms with van der Waals surface area (Å²) in [6, 6.07) is 10.6. The predicted octanol–water partition coefficient (Wildman–Crippen LogP) is 2.27. The van der Waals surface area contributed by atoms with Crippen LogP contribution < -0.4 is 21.9 Å². The van der Waals surface area contributed by atoms with E-state index in [2.05, 4.69) is 5.10 Å². The minimum atomic E-state index is -0.698. The molecule has 8 nitrogen and oxygen atoms in total. The van der Waals surface area contributed by atoms with E-state index in [-0.39, 0.29) is 17.1 Å². The number of ether oxygens (including phenoxy) is 1. The van der Waals surface area contributed by atoms with Crippen LogP contribution in [0.15, 0.2) is 36.4 Å². The van der Waals surface area contributed by atoms with Crippen LogP contribution >= 0.6 is 0 Å². The van der Waals surface area contributed by atoms with Gasteiger partial charge < -0.3 is 27.0 Å². The van der Waals surface area contributed by atoms with Crippen LogP contribution in [0.3, 0.4) is 0 Å². The van der Waals surface area contributed by atoms with Gasteiger partial charge in [-0.15, -0.1) is 0 Å². The molecule has 29 heavy (non-hydrogen) atoms. The summed E-state index contributed by atoms with van der Waals surface area (Å²) in [7, 11) is 0. The smallest absolute Gasteiger partial charge is 0.254 e. The number of aromatic hydroxyl groups is 1. The number of nitrogens with two attached hydrogens (primary N) is 3. The Kier molecular flexibility index (Phi) is 5.74. The van der Waals surface area contributed by atoms with E-state index in [9.17, 15) is 9.90 Å². The second kappa shape index (κ2) is 8.24. The van der Waals surface area contributed by atoms with Crippen LogP contribution in [0, 0.1) is 13.8 Å². The molecule has 0 saturated heterocycles. The minimum absolute atomic E-state index is 0.0982. The maximum atomic E-state index is 12.3. The van der Waals surface area contributed by atoms with Gasteiger partial charge in [0.05, 0.1) is 12.3 Å². The highest BCUT2D eigenvalue weighted by molar-refractivity contribution is 6.04. The number of phenolic OH excluding ortho intramolecular Hbond substituents is 1. The van der Waals surface area contributed by atoms with Gasteiger partial charge in [0.25, 0.3) is 5.91 Å². The molecule has 0 aliphatic rings. The van der Waals surface area contributed by atoms with Crippen molar-refractivity contribution in [3.8, 4) is 28.4 Å². The van der Waals surface area contributed by atoms with E-state index in [1.807, 2.05) is 19.1 Å². The number of amides is 1. The third-order valence-electron chi connectivity index (χ3n) is 4.73. The first-order valence-electron chi connectivity index (χ1n) is 9.26. The molecule has 1 heterocycles. The molecule has 0 unspecified atom stereocenters. The number of rotatable bonds is 7. The van der Waals surface area contributed by atoms with Crippen LogP contribution in [0.2, 0.25) is 0 Å². The van der Waals surface area contributed by atoms with Gasteiger partial charge in [0, 0.05) is 11.1 Å². The molecule has 0 radical (unpaired) electrons. The van der Waals surface area contributed by atoms with Crippen molar-refractivity contribution in [3.63, 3.8) is 0 Å². The highest BCUT2D eigenvalue weighted by atomic mass is 16.5. The van der Waals surface area contributed by atoms with Crippen molar-refractivity contribution < 1.29 is 14.6 Å². The number of carbonyl (C=O) groups is 1. The molecule has 2 aromatic carbocycles. The van der Waals surface area contributed by atoms with Crippen LogP contribution in [-0.2, 0) is 0 Å². The number of nitrogens with zero attached hydrogens (tertiary/aromatic N) is 2. The number of aromatic nitrogens is 2. The van der Waals surface area contributed by atoms with Crippen LogP contribution in [-0.4, -0.2) is 33.9 Å². The normalized spacial score (nSPS) is 10.9. The highest BCUT2D eigenvalue weighted by Gasteiger charge is 2.26. The second-order valence-corrected chi connectivity index (χ2v) is 6.75. The summed E-state index contributed by atoms with van der Waals surface area (Å²) in [4.78, 5) is 12.3. The van der Waals surface area contributed by atoms with E-state index in [1.165, 1.54) is 4.68 Å². The average Bonchev–Trinajstić information content (AvgIpc) is 3.03. The van der Waals surface area contributed by atoms with E-state index < -0.39 is 5.91 Å². The molecule has 3 rings (SSSR count). The molecule has 0 aliphatic heterocycles. The monoisotopic (exact) mass is 395 g/mol. The van der Waals surface area contributed by atoms with Gasteiger partial charge in [0.1, 0.15) is 28.6 Å². The van der Waals surface area contributed by atoms with Crippen molar-refractivity contribution in [2.75, 3.05) is 18.9 Å². The van der Waals surface area contributed by atoms with Gasteiger partial charge in [-0.2, -0.15) is 5.10 Å². The van der Waals surface area contributed by atoms with Gasteiger partial charge in [-0.25, -0.2) is 4.68 Å². The lowest BCUT2D eigenvalue weighted by Crippen LogP contribution is -2.15. The van der Waals surface area contributed by atoms with Crippen LogP contribution in [0.1, 0.15) is 27.9 Å². The molecule has 7 N–H and O–H groups in total. The minimum Gasteiger partial charge on any atom is -0.508 e. The molecular formula is C21H25N5O3. The van der Waals surface area contributed by atoms with Crippen LogP contribution in [0.4, 0.5) is 5.82 Å². The molecule has 0 spiro atoms. The van der Waals surface area contributed by atoms with E-state index >= 15 is 0 Å². The summed E-state index contributed by atoms with van der Waals surface area (Å²) < 4.78 is 7.27. The average molecular weight is 395 g/mol. The van der Waals surface area contributed by atoms with Gasteiger partial charge in [0.2, 0.25) is 0 Å². The topological polar surface area (TPSA) is 142 Å². The summed E-state index contributed by atoms with van der Waals surface area (Å²) in [5, 5.41) is 14.7. The van der Waals surface area contributed by atoms with Crippen molar-refractivity contribution in [3.05, 3.63) is 53.1 Å². The van der Waals surface area contributed by atoms with Crippen molar-refractivity contribution in [1.82, 2.24) is 9.78 Å². The Labute approximate surface area is 168 Å². The van der Waals surface area contributed by atoms with Crippen molar-refractivity contribution in [2.45, 2.75) is 20.3 Å². The molecule has 1 aromatic heterocycles. The summed E-state index contributed by atoms with van der Waals surface area (Å²) in [5.74, 6) is 0.0580. The summed E-state index contributed by atoms with van der Waals surface area (Å²) >= 11 is 0. The third kappa shape index (κ3) is 3.74. The second-order valence-electron chi connectivity index (χ2n) is 6.75. The molecule has 8 heteroatoms. The molecular weight excluding hydrogens is 370 g/mol. The van der Waals surface area contributed by atoms with Crippen molar-refractivity contribution in [1.29, 1.82) is 0 Å². The Bertz CT molecular complexity index is 1060. The number of anilines is 1. The zero-order valence-electron chi connectivity index (χ0n) is 16.5. The zero-order chi connectivity index (χ0) is 21.1. The quantitative estimate of drug-likeness (QED) is 0.452. The number of carbonyl (C=O) groups excluding carboxylic acids is 1. The van der Waals surface area contributed by atoms with Gasteiger partial charge in [-0.3, -0.25) is 4.79 Å². The van der Waals surface area contributed by atoms with E-state index in [0.717, 1.165) is 5.56 Å². The van der Waals surface area contributed by atoms with E-state index in [1.54, 1.807) is 31.2 Å². The van der Waals surface area contributed by atoms with Crippen molar-refractivity contribution >= 4 is 11.7 Å². The SMILES string of the molecule is Cc1ccc(O)c(C)c1-n1nc(-c2ccccc2OCCCN)c(C(N)=O)c1N. The zero-order valence-corrected chi connectivity index (χ0v) is 16.5. The van der Waals surface area contributed by atoms with Crippen LogP contribution in [0.25, 0.3) is 16.9 Å². The van der Waals surface area contributed by atoms with Crippen molar-refractivity contribution in [2.24, 2.45) is 11.5 Å². The lowest BCUT2D eigenvalue weighted by atomic mass is 10.1. The standard InChI is InChI=1S/C21H25N5O3/c1-12-8-9-15(27)13(2)19(12)26-20(23)17(21(24)28)18(25-26)14-6-3-4-7-16(14)29-11-5-10-22/h3-4,6-9,27H,5,10-11,22-23H2,1-2H3,(H2,24,28). The van der Waals surface area contributed by atoms with Gasteiger partial charge in [-0.1, -0.05) is 18.2 Å². The molecule has 3 aromatic rings. The van der Waals surface area contributed by atoms with E-state index in [0.29, 0.717) is 47.8 Å². The fourth-order valence-corrected chi connectivity index (χ4v) is 3.24. The van der Waals surface area contributed by atoms with Gasteiger partial charge in [0.15, 0.2) is 0 Å². The number of nitrogen functional groups attached to an aromatic ring is 1. The molecule has 0 fully saturated rings. The molecule has 0 saturated carbocycles. The summed E-state index contributed by atoms with van der Waals surface area (Å²) in [6.45, 7) is 4.56.